The van der Waals surface area contributed by atoms with Crippen LogP contribution in [0, 0.1) is 12.8 Å². The first-order valence-electron chi connectivity index (χ1n) is 10.4. The van der Waals surface area contributed by atoms with Crippen LogP contribution in [0.5, 0.6) is 0 Å². The van der Waals surface area contributed by atoms with Crippen LogP contribution in [-0.4, -0.2) is 29.8 Å². The van der Waals surface area contributed by atoms with Crippen molar-refractivity contribution < 1.29 is 9.59 Å². The van der Waals surface area contributed by atoms with Crippen molar-refractivity contribution in [2.24, 2.45) is 5.92 Å². The second kappa shape index (κ2) is 9.70. The van der Waals surface area contributed by atoms with E-state index in [2.05, 4.69) is 46.7 Å². The number of anilines is 1. The second-order valence-electron chi connectivity index (χ2n) is 8.17. The minimum Gasteiger partial charge on any atom is -0.348 e. The Morgan fingerprint density at radius 3 is 2.34 bits per heavy atom. The van der Waals surface area contributed by atoms with Crippen LogP contribution in [-0.2, 0) is 17.9 Å². The molecule has 2 aromatic carbocycles. The fraction of sp³-hybridized carbons (Fsp3) is 0.417. The van der Waals surface area contributed by atoms with Gasteiger partial charge in [-0.15, -0.1) is 0 Å². The Bertz CT molecular complexity index is 853. The van der Waals surface area contributed by atoms with E-state index in [-0.39, 0.29) is 11.8 Å². The summed E-state index contributed by atoms with van der Waals surface area (Å²) in [5, 5.41) is 5.72. The van der Waals surface area contributed by atoms with Crippen molar-refractivity contribution in [2.45, 2.75) is 46.7 Å². The van der Waals surface area contributed by atoms with Crippen molar-refractivity contribution >= 4 is 17.5 Å². The number of carbonyl (C=O) groups is 2. The van der Waals surface area contributed by atoms with Gasteiger partial charge in [0.2, 0.25) is 5.91 Å². The highest BCUT2D eigenvalue weighted by Crippen LogP contribution is 2.19. The summed E-state index contributed by atoms with van der Waals surface area (Å²) in [5.74, 6) is 0.549. The predicted octanol–water partition coefficient (Wildman–Crippen LogP) is 4.12. The summed E-state index contributed by atoms with van der Waals surface area (Å²) in [6.45, 7) is 9.52. The van der Waals surface area contributed by atoms with E-state index in [4.69, 9.17) is 0 Å². The first kappa shape index (κ1) is 21.1. The minimum absolute atomic E-state index is 0.148. The first-order chi connectivity index (χ1) is 13.9. The maximum Gasteiger partial charge on any atom is 0.251 e. The van der Waals surface area contributed by atoms with Crippen molar-refractivity contribution in [1.29, 1.82) is 0 Å². The molecular formula is C24H31N3O2. The molecule has 1 saturated heterocycles. The van der Waals surface area contributed by atoms with Gasteiger partial charge >= 0.3 is 0 Å². The van der Waals surface area contributed by atoms with Gasteiger partial charge in [0, 0.05) is 31.3 Å². The van der Waals surface area contributed by atoms with Crippen LogP contribution in [0.3, 0.4) is 0 Å². The van der Waals surface area contributed by atoms with E-state index in [1.807, 2.05) is 13.0 Å². The van der Waals surface area contributed by atoms with Gasteiger partial charge in [0.15, 0.2) is 0 Å². The number of amides is 2. The molecule has 29 heavy (non-hydrogen) atoms. The molecule has 2 N–H and O–H groups in total. The predicted molar refractivity (Wildman–Crippen MR) is 117 cm³/mol. The number of nitrogens with one attached hydrogen (secondary N) is 2. The van der Waals surface area contributed by atoms with Gasteiger partial charge < -0.3 is 10.6 Å². The molecular weight excluding hydrogens is 362 g/mol. The van der Waals surface area contributed by atoms with Crippen LogP contribution >= 0.6 is 0 Å². The normalized spacial score (nSPS) is 15.1. The molecule has 0 radical (unpaired) electrons. The molecule has 2 aromatic rings. The third-order valence-corrected chi connectivity index (χ3v) is 5.57. The lowest BCUT2D eigenvalue weighted by Gasteiger charge is -2.30. The molecule has 0 aromatic heterocycles. The van der Waals surface area contributed by atoms with Crippen LogP contribution in [0.1, 0.15) is 53.7 Å². The number of nitrogens with zero attached hydrogens (tertiary/aromatic N) is 1. The standard InChI is InChI=1S/C24H31N3O2/c1-17-10-12-27(13-11-17)16-21-7-5-20(6-8-21)15-25-24(29)22-9-4-18(2)23(14-22)26-19(3)28/h4-9,14,17H,10-13,15-16H2,1-3H3,(H,25,29)(H,26,28). The Labute approximate surface area is 173 Å². The Balaban J connectivity index is 1.53. The molecule has 0 atom stereocenters. The van der Waals surface area contributed by atoms with Gasteiger partial charge in [-0.1, -0.05) is 37.3 Å². The van der Waals surface area contributed by atoms with E-state index in [9.17, 15) is 9.59 Å². The minimum atomic E-state index is -0.150. The molecule has 0 bridgehead atoms. The molecule has 0 spiro atoms. The number of aryl methyl sites for hydroxylation is 1. The Morgan fingerprint density at radius 2 is 1.69 bits per heavy atom. The Hall–Kier alpha value is -2.66. The van der Waals surface area contributed by atoms with E-state index < -0.39 is 0 Å². The van der Waals surface area contributed by atoms with Crippen LogP contribution in [0.2, 0.25) is 0 Å². The number of hydrogen-bond donors (Lipinski definition) is 2. The number of hydrogen-bond acceptors (Lipinski definition) is 3. The molecule has 0 saturated carbocycles. The van der Waals surface area contributed by atoms with Crippen LogP contribution in [0.4, 0.5) is 5.69 Å². The third kappa shape index (κ3) is 6.16. The average Bonchev–Trinajstić information content (AvgIpc) is 2.70. The number of benzene rings is 2. The molecule has 1 aliphatic heterocycles. The fourth-order valence-corrected chi connectivity index (χ4v) is 3.61. The highest BCUT2D eigenvalue weighted by Gasteiger charge is 2.15. The zero-order valence-corrected chi connectivity index (χ0v) is 17.6. The molecule has 5 nitrogen and oxygen atoms in total. The summed E-state index contributed by atoms with van der Waals surface area (Å²) in [4.78, 5) is 26.3. The molecule has 1 heterocycles. The highest BCUT2D eigenvalue weighted by atomic mass is 16.2. The summed E-state index contributed by atoms with van der Waals surface area (Å²) in [6, 6.07) is 13.8. The van der Waals surface area contributed by atoms with Crippen LogP contribution in [0.15, 0.2) is 42.5 Å². The second-order valence-corrected chi connectivity index (χ2v) is 8.17. The van der Waals surface area contributed by atoms with Gasteiger partial charge in [0.25, 0.3) is 5.91 Å². The van der Waals surface area contributed by atoms with Gasteiger partial charge in [-0.05, 0) is 67.6 Å². The van der Waals surface area contributed by atoms with E-state index >= 15 is 0 Å². The molecule has 154 valence electrons. The van der Waals surface area contributed by atoms with Gasteiger partial charge in [0.05, 0.1) is 0 Å². The monoisotopic (exact) mass is 393 g/mol. The van der Waals surface area contributed by atoms with E-state index in [1.165, 1.54) is 38.4 Å². The van der Waals surface area contributed by atoms with E-state index in [0.29, 0.717) is 17.8 Å². The molecule has 1 aliphatic rings. The van der Waals surface area contributed by atoms with Gasteiger partial charge in [-0.3, -0.25) is 14.5 Å². The van der Waals surface area contributed by atoms with Gasteiger partial charge in [0.1, 0.15) is 0 Å². The zero-order valence-electron chi connectivity index (χ0n) is 17.6. The third-order valence-electron chi connectivity index (χ3n) is 5.57. The Kier molecular flexibility index (Phi) is 7.04. The molecule has 1 fully saturated rings. The number of carbonyl (C=O) groups excluding carboxylic acids is 2. The molecule has 0 unspecified atom stereocenters. The Morgan fingerprint density at radius 1 is 1.03 bits per heavy atom. The number of rotatable bonds is 6. The van der Waals surface area contributed by atoms with Crippen molar-refractivity contribution in [1.82, 2.24) is 10.2 Å². The quantitative estimate of drug-likeness (QED) is 0.776. The van der Waals surface area contributed by atoms with E-state index in [0.717, 1.165) is 23.6 Å². The van der Waals surface area contributed by atoms with Crippen molar-refractivity contribution in [3.63, 3.8) is 0 Å². The summed E-state index contributed by atoms with van der Waals surface area (Å²) < 4.78 is 0. The summed E-state index contributed by atoms with van der Waals surface area (Å²) in [7, 11) is 0. The number of piperidine rings is 1. The summed E-state index contributed by atoms with van der Waals surface area (Å²) >= 11 is 0. The van der Waals surface area contributed by atoms with Crippen LogP contribution in [0.25, 0.3) is 0 Å². The van der Waals surface area contributed by atoms with Crippen molar-refractivity contribution in [3.8, 4) is 0 Å². The summed E-state index contributed by atoms with van der Waals surface area (Å²) in [6.07, 6.45) is 2.57. The lowest BCUT2D eigenvalue weighted by molar-refractivity contribution is -0.114. The topological polar surface area (TPSA) is 61.4 Å². The fourth-order valence-electron chi connectivity index (χ4n) is 3.61. The average molecular weight is 394 g/mol. The maximum atomic E-state index is 12.5. The van der Waals surface area contributed by atoms with Crippen molar-refractivity contribution in [3.05, 3.63) is 64.7 Å². The molecule has 3 rings (SSSR count). The van der Waals surface area contributed by atoms with E-state index in [1.54, 1.807) is 12.1 Å². The lowest BCUT2D eigenvalue weighted by Crippen LogP contribution is -2.32. The molecule has 0 aliphatic carbocycles. The lowest BCUT2D eigenvalue weighted by atomic mass is 9.99. The SMILES string of the molecule is CC(=O)Nc1cc(C(=O)NCc2ccc(CN3CCC(C)CC3)cc2)ccc1C. The maximum absolute atomic E-state index is 12.5. The van der Waals surface area contributed by atoms with Crippen LogP contribution < -0.4 is 10.6 Å². The first-order valence-corrected chi connectivity index (χ1v) is 10.4. The molecule has 2 amide bonds. The largest absolute Gasteiger partial charge is 0.348 e. The smallest absolute Gasteiger partial charge is 0.251 e. The number of likely N-dealkylation sites (tertiary alicyclic amines) is 1. The van der Waals surface area contributed by atoms with Gasteiger partial charge in [-0.25, -0.2) is 0 Å². The zero-order chi connectivity index (χ0) is 20.8. The molecule has 5 heteroatoms. The summed E-state index contributed by atoms with van der Waals surface area (Å²) in [5.41, 5.74) is 4.52. The van der Waals surface area contributed by atoms with Gasteiger partial charge in [-0.2, -0.15) is 0 Å². The van der Waals surface area contributed by atoms with Crippen molar-refractivity contribution in [2.75, 3.05) is 18.4 Å². The highest BCUT2D eigenvalue weighted by molar-refractivity contribution is 5.97.